The molecule has 0 bridgehead atoms. The number of aryl methyl sites for hydroxylation is 1. The topological polar surface area (TPSA) is 79.5 Å². The third-order valence-electron chi connectivity index (χ3n) is 4.66. The van der Waals surface area contributed by atoms with E-state index in [1.54, 1.807) is 6.92 Å². The molecule has 0 amide bonds. The van der Waals surface area contributed by atoms with Gasteiger partial charge in [0, 0.05) is 12.1 Å². The first-order valence-corrected chi connectivity index (χ1v) is 7.75. The summed E-state index contributed by atoms with van der Waals surface area (Å²) in [7, 11) is -3.61. The van der Waals surface area contributed by atoms with Crippen LogP contribution < -0.4 is 4.72 Å². The van der Waals surface area contributed by atoms with Gasteiger partial charge >= 0.3 is 0 Å². The number of nitrogens with one attached hydrogen (secondary N) is 1. The van der Waals surface area contributed by atoms with Crippen LogP contribution in [0.2, 0.25) is 0 Å². The van der Waals surface area contributed by atoms with E-state index in [2.05, 4.69) is 4.72 Å². The molecule has 108 valence electrons. The first-order valence-electron chi connectivity index (χ1n) is 6.26. The van der Waals surface area contributed by atoms with E-state index in [1.807, 2.05) is 27.7 Å². The van der Waals surface area contributed by atoms with E-state index in [4.69, 9.17) is 9.52 Å². The van der Waals surface area contributed by atoms with Crippen molar-refractivity contribution in [2.75, 3.05) is 0 Å². The SMILES string of the molecule is Cc1oc(CO)cc1S(=O)(=O)NC1C(C)(C)C1(C)C. The molecule has 1 aromatic rings. The van der Waals surface area contributed by atoms with Gasteiger partial charge in [-0.05, 0) is 17.8 Å². The summed E-state index contributed by atoms with van der Waals surface area (Å²) in [6.07, 6.45) is 0. The van der Waals surface area contributed by atoms with Crippen molar-refractivity contribution in [3.8, 4) is 0 Å². The van der Waals surface area contributed by atoms with Crippen molar-refractivity contribution in [2.45, 2.75) is 52.2 Å². The summed E-state index contributed by atoms with van der Waals surface area (Å²) in [6.45, 7) is 9.44. The molecule has 5 nitrogen and oxygen atoms in total. The smallest absolute Gasteiger partial charge is 0.244 e. The lowest BCUT2D eigenvalue weighted by atomic mass is 10.0. The largest absolute Gasteiger partial charge is 0.462 e. The lowest BCUT2D eigenvalue weighted by Crippen LogP contribution is -2.30. The lowest BCUT2D eigenvalue weighted by Gasteiger charge is -2.06. The molecule has 0 aromatic carbocycles. The highest BCUT2D eigenvalue weighted by molar-refractivity contribution is 7.89. The van der Waals surface area contributed by atoms with E-state index in [0.717, 1.165) is 0 Å². The van der Waals surface area contributed by atoms with Crippen LogP contribution in [0, 0.1) is 17.8 Å². The van der Waals surface area contributed by atoms with Crippen LogP contribution in [-0.4, -0.2) is 19.6 Å². The summed E-state index contributed by atoms with van der Waals surface area (Å²) in [4.78, 5) is 0.107. The van der Waals surface area contributed by atoms with Gasteiger partial charge in [0.05, 0.1) is 0 Å². The minimum Gasteiger partial charge on any atom is -0.462 e. The summed E-state index contributed by atoms with van der Waals surface area (Å²) >= 11 is 0. The second kappa shape index (κ2) is 4.07. The van der Waals surface area contributed by atoms with Crippen molar-refractivity contribution in [3.05, 3.63) is 17.6 Å². The Balaban J connectivity index is 2.27. The number of rotatable bonds is 4. The van der Waals surface area contributed by atoms with Gasteiger partial charge in [0.2, 0.25) is 10.0 Å². The van der Waals surface area contributed by atoms with Crippen LogP contribution in [0.3, 0.4) is 0 Å². The molecular formula is C13H21NO4S. The normalized spacial score (nSPS) is 21.6. The summed E-state index contributed by atoms with van der Waals surface area (Å²) in [5, 5.41) is 8.99. The van der Waals surface area contributed by atoms with Crippen molar-refractivity contribution < 1.29 is 17.9 Å². The van der Waals surface area contributed by atoms with Crippen LogP contribution in [0.5, 0.6) is 0 Å². The fraction of sp³-hybridized carbons (Fsp3) is 0.692. The molecule has 2 N–H and O–H groups in total. The van der Waals surface area contributed by atoms with Crippen LogP contribution in [0.1, 0.15) is 39.2 Å². The third kappa shape index (κ3) is 2.11. The average molecular weight is 287 g/mol. The zero-order chi connectivity index (χ0) is 14.6. The molecule has 0 saturated heterocycles. The highest BCUT2D eigenvalue weighted by Gasteiger charge is 2.66. The minimum absolute atomic E-state index is 0.0719. The van der Waals surface area contributed by atoms with Gasteiger partial charge in [-0.15, -0.1) is 0 Å². The van der Waals surface area contributed by atoms with Gasteiger partial charge in [0.25, 0.3) is 0 Å². The van der Waals surface area contributed by atoms with E-state index in [0.29, 0.717) is 5.76 Å². The highest BCUT2D eigenvalue weighted by Crippen LogP contribution is 2.63. The number of aliphatic hydroxyl groups excluding tert-OH is 1. The van der Waals surface area contributed by atoms with Crippen LogP contribution in [0.25, 0.3) is 0 Å². The molecule has 1 saturated carbocycles. The summed E-state index contributed by atoms with van der Waals surface area (Å²) in [6, 6.07) is 1.27. The molecular weight excluding hydrogens is 266 g/mol. The molecule has 0 radical (unpaired) electrons. The molecule has 6 heteroatoms. The Kier molecular flexibility index (Phi) is 3.12. The molecule has 1 aliphatic carbocycles. The number of furan rings is 1. The monoisotopic (exact) mass is 287 g/mol. The first kappa shape index (κ1) is 14.6. The van der Waals surface area contributed by atoms with Crippen molar-refractivity contribution in [2.24, 2.45) is 10.8 Å². The predicted octanol–water partition coefficient (Wildman–Crippen LogP) is 1.79. The van der Waals surface area contributed by atoms with E-state index in [9.17, 15) is 8.42 Å². The van der Waals surface area contributed by atoms with Gasteiger partial charge in [0.15, 0.2) is 0 Å². The average Bonchev–Trinajstić information content (AvgIpc) is 2.66. The zero-order valence-electron chi connectivity index (χ0n) is 11.9. The lowest BCUT2D eigenvalue weighted by molar-refractivity contribution is 0.244. The summed E-state index contributed by atoms with van der Waals surface area (Å²) < 4.78 is 32.6. The number of hydrogen-bond acceptors (Lipinski definition) is 4. The van der Waals surface area contributed by atoms with Gasteiger partial charge in [-0.2, -0.15) is 0 Å². The molecule has 0 unspecified atom stereocenters. The van der Waals surface area contributed by atoms with Crippen LogP contribution >= 0.6 is 0 Å². The van der Waals surface area contributed by atoms with Gasteiger partial charge < -0.3 is 9.52 Å². The molecule has 1 fully saturated rings. The Labute approximate surface area is 114 Å². The highest BCUT2D eigenvalue weighted by atomic mass is 32.2. The van der Waals surface area contributed by atoms with Gasteiger partial charge in [0.1, 0.15) is 23.0 Å². The van der Waals surface area contributed by atoms with Crippen LogP contribution in [0.4, 0.5) is 0 Å². The number of aliphatic hydroxyl groups is 1. The molecule has 1 heterocycles. The molecule has 19 heavy (non-hydrogen) atoms. The Hall–Kier alpha value is -0.850. The van der Waals surface area contributed by atoms with Crippen molar-refractivity contribution >= 4 is 10.0 Å². The minimum atomic E-state index is -3.61. The Morgan fingerprint density at radius 3 is 2.21 bits per heavy atom. The van der Waals surface area contributed by atoms with Gasteiger partial charge in [-0.25, -0.2) is 13.1 Å². The Morgan fingerprint density at radius 1 is 1.32 bits per heavy atom. The maximum atomic E-state index is 12.4. The molecule has 1 aromatic heterocycles. The van der Waals surface area contributed by atoms with Crippen LogP contribution in [-0.2, 0) is 16.6 Å². The van der Waals surface area contributed by atoms with Crippen molar-refractivity contribution in [1.29, 1.82) is 0 Å². The van der Waals surface area contributed by atoms with E-state index in [-0.39, 0.29) is 34.1 Å². The second-order valence-corrected chi connectivity index (χ2v) is 7.97. The molecule has 0 spiro atoms. The maximum Gasteiger partial charge on any atom is 0.244 e. The van der Waals surface area contributed by atoms with E-state index in [1.165, 1.54) is 6.07 Å². The Morgan fingerprint density at radius 2 is 1.84 bits per heavy atom. The summed E-state index contributed by atoms with van der Waals surface area (Å²) in [5.74, 6) is 0.556. The van der Waals surface area contributed by atoms with E-state index >= 15 is 0 Å². The summed E-state index contributed by atoms with van der Waals surface area (Å²) in [5.41, 5.74) is -0.144. The fourth-order valence-electron chi connectivity index (χ4n) is 2.58. The predicted molar refractivity (Wildman–Crippen MR) is 71.0 cm³/mol. The molecule has 1 aliphatic rings. The molecule has 2 rings (SSSR count). The second-order valence-electron chi connectivity index (χ2n) is 6.29. The zero-order valence-corrected chi connectivity index (χ0v) is 12.8. The van der Waals surface area contributed by atoms with Crippen LogP contribution in [0.15, 0.2) is 15.4 Å². The Bertz CT molecular complexity index is 584. The molecule has 0 aliphatic heterocycles. The molecule has 0 atom stereocenters. The fourth-order valence-corrected chi connectivity index (χ4v) is 4.31. The van der Waals surface area contributed by atoms with Crippen molar-refractivity contribution in [3.63, 3.8) is 0 Å². The van der Waals surface area contributed by atoms with Gasteiger partial charge in [-0.3, -0.25) is 0 Å². The maximum absolute atomic E-state index is 12.4. The standard InChI is InChI=1S/C13H21NO4S/c1-8-10(6-9(7-15)18-8)19(16,17)14-11-12(2,3)13(11,4)5/h6,11,14-15H,7H2,1-5H3. The van der Waals surface area contributed by atoms with Gasteiger partial charge in [-0.1, -0.05) is 27.7 Å². The third-order valence-corrected chi connectivity index (χ3v) is 6.19. The van der Waals surface area contributed by atoms with Crippen molar-refractivity contribution in [1.82, 2.24) is 4.72 Å². The first-order chi connectivity index (χ1) is 8.54. The number of hydrogen-bond donors (Lipinski definition) is 2. The quantitative estimate of drug-likeness (QED) is 0.885. The number of sulfonamides is 1. The van der Waals surface area contributed by atoms with E-state index < -0.39 is 10.0 Å².